The summed E-state index contributed by atoms with van der Waals surface area (Å²) in [5, 5.41) is 10.1. The first-order chi connectivity index (χ1) is 16.2. The standard InChI is InChI=1S/C26H27N5OS/c32-26(28-21-11-14-30(15-12-21)18-22-9-4-5-13-27-22)23-19-31(17-20-7-2-1-3-8-20)29-25(23)24-10-6-16-33-24/h1-10,13,16,19,21H,11-12,14-15,17-18H2,(H,28,32). The van der Waals surface area contributed by atoms with Gasteiger partial charge >= 0.3 is 0 Å². The van der Waals surface area contributed by atoms with E-state index in [2.05, 4.69) is 33.4 Å². The highest BCUT2D eigenvalue weighted by Gasteiger charge is 2.24. The molecule has 1 aliphatic heterocycles. The number of hydrogen-bond donors (Lipinski definition) is 1. The van der Waals surface area contributed by atoms with Gasteiger partial charge in [-0.05, 0) is 42.0 Å². The van der Waals surface area contributed by atoms with E-state index in [1.54, 1.807) is 11.3 Å². The van der Waals surface area contributed by atoms with Gasteiger partial charge < -0.3 is 5.32 Å². The largest absolute Gasteiger partial charge is 0.349 e. The van der Waals surface area contributed by atoms with E-state index in [0.29, 0.717) is 12.1 Å². The molecule has 1 saturated heterocycles. The second-order valence-corrected chi connectivity index (χ2v) is 9.34. The van der Waals surface area contributed by atoms with Crippen LogP contribution in [0.25, 0.3) is 10.6 Å². The van der Waals surface area contributed by atoms with E-state index in [-0.39, 0.29) is 11.9 Å². The smallest absolute Gasteiger partial charge is 0.255 e. The molecule has 33 heavy (non-hydrogen) atoms. The zero-order valence-electron chi connectivity index (χ0n) is 18.4. The fourth-order valence-electron chi connectivity index (χ4n) is 4.25. The lowest BCUT2D eigenvalue weighted by atomic mass is 10.0. The van der Waals surface area contributed by atoms with Crippen molar-refractivity contribution in [1.29, 1.82) is 0 Å². The Bertz CT molecular complexity index is 1170. The summed E-state index contributed by atoms with van der Waals surface area (Å²) in [4.78, 5) is 21.1. The van der Waals surface area contributed by atoms with Crippen molar-refractivity contribution < 1.29 is 4.79 Å². The summed E-state index contributed by atoms with van der Waals surface area (Å²) in [7, 11) is 0. The number of rotatable bonds is 7. The van der Waals surface area contributed by atoms with Crippen molar-refractivity contribution in [1.82, 2.24) is 25.0 Å². The number of carbonyl (C=O) groups is 1. The molecule has 0 atom stereocenters. The van der Waals surface area contributed by atoms with Gasteiger partial charge in [0.15, 0.2) is 0 Å². The van der Waals surface area contributed by atoms with Crippen LogP contribution in [-0.4, -0.2) is 44.7 Å². The summed E-state index contributed by atoms with van der Waals surface area (Å²) in [6.45, 7) is 3.40. The quantitative estimate of drug-likeness (QED) is 0.445. The maximum atomic E-state index is 13.3. The van der Waals surface area contributed by atoms with Crippen LogP contribution in [0.3, 0.4) is 0 Å². The number of pyridine rings is 1. The summed E-state index contributed by atoms with van der Waals surface area (Å²) >= 11 is 1.61. The predicted octanol–water partition coefficient (Wildman–Crippen LogP) is 4.45. The summed E-state index contributed by atoms with van der Waals surface area (Å²) in [6.07, 6.45) is 5.59. The Morgan fingerprint density at radius 2 is 1.82 bits per heavy atom. The lowest BCUT2D eigenvalue weighted by molar-refractivity contribution is 0.0909. The molecule has 5 rings (SSSR count). The van der Waals surface area contributed by atoms with E-state index in [0.717, 1.165) is 54.3 Å². The average molecular weight is 458 g/mol. The molecule has 4 aromatic rings. The number of thiophene rings is 1. The third kappa shape index (κ3) is 5.38. The third-order valence-corrected chi connectivity index (χ3v) is 6.86. The molecule has 0 unspecified atom stereocenters. The molecule has 4 heterocycles. The van der Waals surface area contributed by atoms with Gasteiger partial charge in [-0.25, -0.2) is 0 Å². The minimum Gasteiger partial charge on any atom is -0.349 e. The van der Waals surface area contributed by atoms with Crippen LogP contribution in [0.15, 0.2) is 78.4 Å². The summed E-state index contributed by atoms with van der Waals surface area (Å²) in [6, 6.07) is 20.4. The number of amides is 1. The Morgan fingerprint density at radius 3 is 2.55 bits per heavy atom. The van der Waals surface area contributed by atoms with Gasteiger partial charge in [0.05, 0.1) is 22.7 Å². The molecular formula is C26H27N5OS. The molecule has 1 aliphatic rings. The van der Waals surface area contributed by atoms with Gasteiger partial charge in [0.2, 0.25) is 0 Å². The number of carbonyl (C=O) groups excluding carboxylic acids is 1. The zero-order chi connectivity index (χ0) is 22.5. The number of benzene rings is 1. The molecule has 0 radical (unpaired) electrons. The van der Waals surface area contributed by atoms with Gasteiger partial charge in [-0.2, -0.15) is 5.10 Å². The van der Waals surface area contributed by atoms with Gasteiger partial charge in [0.1, 0.15) is 5.69 Å². The van der Waals surface area contributed by atoms with Crippen LogP contribution in [0, 0.1) is 0 Å². The number of piperidine rings is 1. The minimum atomic E-state index is -0.0408. The van der Waals surface area contributed by atoms with Crippen LogP contribution in [-0.2, 0) is 13.1 Å². The molecule has 1 amide bonds. The van der Waals surface area contributed by atoms with Gasteiger partial charge in [0.25, 0.3) is 5.91 Å². The number of nitrogens with one attached hydrogen (secondary N) is 1. The molecule has 1 aromatic carbocycles. The number of hydrogen-bond acceptors (Lipinski definition) is 5. The maximum absolute atomic E-state index is 13.3. The SMILES string of the molecule is O=C(NC1CCN(Cc2ccccn2)CC1)c1cn(Cc2ccccc2)nc1-c1cccs1. The van der Waals surface area contributed by atoms with Crippen LogP contribution in [0.5, 0.6) is 0 Å². The molecule has 0 saturated carbocycles. The molecule has 3 aromatic heterocycles. The first-order valence-corrected chi connectivity index (χ1v) is 12.2. The van der Waals surface area contributed by atoms with E-state index in [9.17, 15) is 4.79 Å². The number of nitrogens with zero attached hydrogens (tertiary/aromatic N) is 4. The van der Waals surface area contributed by atoms with Crippen molar-refractivity contribution in [2.24, 2.45) is 0 Å². The topological polar surface area (TPSA) is 63.1 Å². The van der Waals surface area contributed by atoms with Crippen molar-refractivity contribution in [2.75, 3.05) is 13.1 Å². The van der Waals surface area contributed by atoms with E-state index >= 15 is 0 Å². The van der Waals surface area contributed by atoms with Gasteiger partial charge in [-0.3, -0.25) is 19.4 Å². The Morgan fingerprint density at radius 1 is 1.00 bits per heavy atom. The molecule has 7 heteroatoms. The molecule has 0 aliphatic carbocycles. The first-order valence-electron chi connectivity index (χ1n) is 11.3. The monoisotopic (exact) mass is 457 g/mol. The highest BCUT2D eigenvalue weighted by molar-refractivity contribution is 7.13. The molecule has 168 valence electrons. The first kappa shape index (κ1) is 21.6. The summed E-state index contributed by atoms with van der Waals surface area (Å²) < 4.78 is 1.87. The Labute approximate surface area is 197 Å². The third-order valence-electron chi connectivity index (χ3n) is 5.98. The van der Waals surface area contributed by atoms with Gasteiger partial charge in [-0.15, -0.1) is 11.3 Å². The minimum absolute atomic E-state index is 0.0408. The van der Waals surface area contributed by atoms with E-state index < -0.39 is 0 Å². The molecule has 1 fully saturated rings. The van der Waals surface area contributed by atoms with Crippen LogP contribution in [0.2, 0.25) is 0 Å². The Balaban J connectivity index is 1.25. The summed E-state index contributed by atoms with van der Waals surface area (Å²) in [5.41, 5.74) is 3.65. The highest BCUT2D eigenvalue weighted by Crippen LogP contribution is 2.27. The average Bonchev–Trinajstić information content (AvgIpc) is 3.52. The van der Waals surface area contributed by atoms with E-state index in [4.69, 9.17) is 5.10 Å². The van der Waals surface area contributed by atoms with Crippen LogP contribution in [0.4, 0.5) is 0 Å². The molecular weight excluding hydrogens is 430 g/mol. The second-order valence-electron chi connectivity index (χ2n) is 8.40. The van der Waals surface area contributed by atoms with Gasteiger partial charge in [-0.1, -0.05) is 42.5 Å². The van der Waals surface area contributed by atoms with Crippen LogP contribution >= 0.6 is 11.3 Å². The fourth-order valence-corrected chi connectivity index (χ4v) is 4.98. The van der Waals surface area contributed by atoms with Crippen molar-refractivity contribution in [3.8, 4) is 10.6 Å². The lowest BCUT2D eigenvalue weighted by Crippen LogP contribution is -2.44. The van der Waals surface area contributed by atoms with Crippen molar-refractivity contribution in [3.63, 3.8) is 0 Å². The highest BCUT2D eigenvalue weighted by atomic mass is 32.1. The fraction of sp³-hybridized carbons (Fsp3) is 0.269. The normalized spacial score (nSPS) is 14.9. The van der Waals surface area contributed by atoms with Gasteiger partial charge in [0, 0.05) is 38.1 Å². The van der Waals surface area contributed by atoms with E-state index in [1.807, 2.05) is 64.9 Å². The van der Waals surface area contributed by atoms with E-state index in [1.165, 1.54) is 0 Å². The predicted molar refractivity (Wildman–Crippen MR) is 131 cm³/mol. The van der Waals surface area contributed by atoms with Crippen molar-refractivity contribution in [3.05, 3.63) is 95.3 Å². The second kappa shape index (κ2) is 10.1. The molecule has 1 N–H and O–H groups in total. The summed E-state index contributed by atoms with van der Waals surface area (Å²) in [5.74, 6) is -0.0408. The van der Waals surface area contributed by atoms with Crippen molar-refractivity contribution in [2.45, 2.75) is 32.0 Å². The maximum Gasteiger partial charge on any atom is 0.255 e. The van der Waals surface area contributed by atoms with Crippen LogP contribution < -0.4 is 5.32 Å². The molecule has 0 spiro atoms. The number of aromatic nitrogens is 3. The molecule has 0 bridgehead atoms. The van der Waals surface area contributed by atoms with Crippen molar-refractivity contribution >= 4 is 17.2 Å². The zero-order valence-corrected chi connectivity index (χ0v) is 19.2. The lowest BCUT2D eigenvalue weighted by Gasteiger charge is -2.32. The Kier molecular flexibility index (Phi) is 6.60. The molecule has 6 nitrogen and oxygen atoms in total. The Hall–Kier alpha value is -3.29. The number of likely N-dealkylation sites (tertiary alicyclic amines) is 1. The van der Waals surface area contributed by atoms with Crippen LogP contribution in [0.1, 0.15) is 34.5 Å².